The Morgan fingerprint density at radius 2 is 1.84 bits per heavy atom. The lowest BCUT2D eigenvalue weighted by Gasteiger charge is -2.29. The minimum absolute atomic E-state index is 0.202. The number of hydrogen-bond acceptors (Lipinski definition) is 9. The van der Waals surface area contributed by atoms with Gasteiger partial charge in [-0.05, 0) is 54.7 Å². The largest absolute Gasteiger partial charge is 0.471 e. The molecule has 8 nitrogen and oxygen atoms in total. The van der Waals surface area contributed by atoms with Crippen LogP contribution in [0.25, 0.3) is 11.3 Å². The number of morpholine rings is 1. The fourth-order valence-corrected chi connectivity index (χ4v) is 5.54. The second kappa shape index (κ2) is 11.7. The SMILES string of the molecule is COC(=O)c1ccc(COc2nc(-c3ccc(N4CCOCC4)cc3)cc(C3CCOCC3)c2C#N)s1. The van der Waals surface area contributed by atoms with Gasteiger partial charge >= 0.3 is 5.97 Å². The van der Waals surface area contributed by atoms with Crippen molar-refractivity contribution < 1.29 is 23.7 Å². The second-order valence-electron chi connectivity index (χ2n) is 8.97. The number of pyridine rings is 1. The number of rotatable bonds is 7. The van der Waals surface area contributed by atoms with Crippen molar-refractivity contribution in [2.45, 2.75) is 25.4 Å². The molecule has 0 bridgehead atoms. The molecule has 0 radical (unpaired) electrons. The first-order valence-corrected chi connectivity index (χ1v) is 13.2. The first-order valence-electron chi connectivity index (χ1n) is 12.4. The van der Waals surface area contributed by atoms with Crippen molar-refractivity contribution in [3.8, 4) is 23.2 Å². The summed E-state index contributed by atoms with van der Waals surface area (Å²) in [6.45, 7) is 4.77. The third-order valence-electron chi connectivity index (χ3n) is 6.73. The molecular formula is C28H29N3O5S. The van der Waals surface area contributed by atoms with E-state index in [-0.39, 0.29) is 18.5 Å². The van der Waals surface area contributed by atoms with Crippen molar-refractivity contribution in [3.05, 3.63) is 63.3 Å². The van der Waals surface area contributed by atoms with E-state index < -0.39 is 0 Å². The van der Waals surface area contributed by atoms with Gasteiger partial charge in [-0.25, -0.2) is 9.78 Å². The molecule has 9 heteroatoms. The van der Waals surface area contributed by atoms with Crippen molar-refractivity contribution in [1.82, 2.24) is 4.98 Å². The lowest BCUT2D eigenvalue weighted by atomic mass is 9.88. The molecule has 0 amide bonds. The van der Waals surface area contributed by atoms with E-state index in [2.05, 4.69) is 35.2 Å². The zero-order valence-corrected chi connectivity index (χ0v) is 21.6. The summed E-state index contributed by atoms with van der Waals surface area (Å²) in [5.41, 5.74) is 4.30. The van der Waals surface area contributed by atoms with Gasteiger partial charge in [-0.1, -0.05) is 12.1 Å². The Bertz CT molecular complexity index is 1270. The maximum Gasteiger partial charge on any atom is 0.348 e. The third-order valence-corrected chi connectivity index (χ3v) is 7.77. The zero-order valence-electron chi connectivity index (χ0n) is 20.8. The van der Waals surface area contributed by atoms with Gasteiger partial charge in [-0.2, -0.15) is 5.26 Å². The number of nitriles is 1. The fraction of sp³-hybridized carbons (Fsp3) is 0.393. The Labute approximate surface area is 220 Å². The monoisotopic (exact) mass is 519 g/mol. The minimum atomic E-state index is -0.378. The Hall–Kier alpha value is -3.45. The zero-order chi connectivity index (χ0) is 25.6. The van der Waals surface area contributed by atoms with Gasteiger partial charge in [-0.15, -0.1) is 11.3 Å². The van der Waals surface area contributed by atoms with Crippen LogP contribution in [-0.2, 0) is 20.8 Å². The molecule has 0 spiro atoms. The van der Waals surface area contributed by atoms with Gasteiger partial charge in [0.25, 0.3) is 0 Å². The van der Waals surface area contributed by atoms with Gasteiger partial charge in [0.05, 0.1) is 26.0 Å². The highest BCUT2D eigenvalue weighted by atomic mass is 32.1. The van der Waals surface area contributed by atoms with E-state index in [1.807, 2.05) is 12.1 Å². The quantitative estimate of drug-likeness (QED) is 0.412. The Morgan fingerprint density at radius 3 is 2.54 bits per heavy atom. The van der Waals surface area contributed by atoms with Gasteiger partial charge in [0, 0.05) is 42.4 Å². The number of benzene rings is 1. The fourth-order valence-electron chi connectivity index (χ4n) is 4.71. The lowest BCUT2D eigenvalue weighted by Crippen LogP contribution is -2.36. The maximum absolute atomic E-state index is 11.8. The smallest absolute Gasteiger partial charge is 0.348 e. The molecule has 0 aliphatic carbocycles. The second-order valence-corrected chi connectivity index (χ2v) is 10.1. The summed E-state index contributed by atoms with van der Waals surface area (Å²) in [5, 5.41) is 10.1. The number of carbonyl (C=O) groups is 1. The van der Waals surface area contributed by atoms with Crippen molar-refractivity contribution in [1.29, 1.82) is 5.26 Å². The van der Waals surface area contributed by atoms with Gasteiger partial charge in [0.1, 0.15) is 23.1 Å². The first-order chi connectivity index (χ1) is 18.2. The van der Waals surface area contributed by atoms with E-state index in [9.17, 15) is 10.1 Å². The number of thiophene rings is 1. The maximum atomic E-state index is 11.8. The minimum Gasteiger partial charge on any atom is -0.471 e. The molecule has 2 saturated heterocycles. The summed E-state index contributed by atoms with van der Waals surface area (Å²) in [6.07, 6.45) is 1.70. The predicted octanol–water partition coefficient (Wildman–Crippen LogP) is 4.78. The van der Waals surface area contributed by atoms with E-state index in [1.165, 1.54) is 18.4 Å². The van der Waals surface area contributed by atoms with Crippen LogP contribution in [0.5, 0.6) is 5.88 Å². The average Bonchev–Trinajstić information content (AvgIpc) is 3.45. The molecule has 1 aromatic carbocycles. The number of anilines is 1. The van der Waals surface area contributed by atoms with Crippen LogP contribution < -0.4 is 9.64 Å². The molecule has 2 aliphatic rings. The Balaban J connectivity index is 1.45. The number of methoxy groups -OCH3 is 1. The van der Waals surface area contributed by atoms with Crippen molar-refractivity contribution in [2.75, 3.05) is 51.5 Å². The van der Waals surface area contributed by atoms with Gasteiger partial charge in [0.2, 0.25) is 5.88 Å². The summed E-state index contributed by atoms with van der Waals surface area (Å²) >= 11 is 1.31. The molecule has 0 unspecified atom stereocenters. The molecule has 0 N–H and O–H groups in total. The highest BCUT2D eigenvalue weighted by Gasteiger charge is 2.24. The molecular weight excluding hydrogens is 490 g/mol. The summed E-state index contributed by atoms with van der Waals surface area (Å²) in [6, 6.07) is 16.3. The van der Waals surface area contributed by atoms with E-state index >= 15 is 0 Å². The van der Waals surface area contributed by atoms with Crippen LogP contribution in [0.4, 0.5) is 5.69 Å². The van der Waals surface area contributed by atoms with Crippen LogP contribution >= 0.6 is 11.3 Å². The van der Waals surface area contributed by atoms with Crippen LogP contribution in [0.2, 0.25) is 0 Å². The number of hydrogen-bond donors (Lipinski definition) is 0. The van der Waals surface area contributed by atoms with Crippen LogP contribution in [0.1, 0.15) is 44.4 Å². The molecule has 37 heavy (non-hydrogen) atoms. The van der Waals surface area contributed by atoms with Gasteiger partial charge in [-0.3, -0.25) is 0 Å². The molecule has 4 heterocycles. The van der Waals surface area contributed by atoms with Gasteiger partial charge in [0.15, 0.2) is 0 Å². The van der Waals surface area contributed by atoms with Gasteiger partial charge < -0.3 is 23.8 Å². The molecule has 2 aliphatic heterocycles. The lowest BCUT2D eigenvalue weighted by molar-refractivity contribution is 0.0606. The molecule has 0 saturated carbocycles. The summed E-state index contributed by atoms with van der Waals surface area (Å²) in [4.78, 5) is 20.3. The van der Waals surface area contributed by atoms with Crippen LogP contribution in [-0.4, -0.2) is 57.6 Å². The summed E-state index contributed by atoms with van der Waals surface area (Å²) in [5.74, 6) is 0.135. The van der Waals surface area contributed by atoms with Crippen LogP contribution in [0, 0.1) is 11.3 Å². The average molecular weight is 520 g/mol. The number of ether oxygens (including phenoxy) is 4. The molecule has 2 fully saturated rings. The topological polar surface area (TPSA) is 93.9 Å². The van der Waals surface area contributed by atoms with Crippen LogP contribution in [0.15, 0.2) is 42.5 Å². The first kappa shape index (κ1) is 25.2. The predicted molar refractivity (Wildman–Crippen MR) is 140 cm³/mol. The molecule has 2 aromatic heterocycles. The highest BCUT2D eigenvalue weighted by Crippen LogP contribution is 2.36. The van der Waals surface area contributed by atoms with E-state index in [1.54, 1.807) is 6.07 Å². The van der Waals surface area contributed by atoms with Crippen molar-refractivity contribution in [3.63, 3.8) is 0 Å². The Kier molecular flexibility index (Phi) is 7.99. The van der Waals surface area contributed by atoms with Crippen molar-refractivity contribution >= 4 is 23.0 Å². The number of esters is 1. The normalized spacial score (nSPS) is 16.3. The molecule has 5 rings (SSSR count). The summed E-state index contributed by atoms with van der Waals surface area (Å²) in [7, 11) is 1.36. The van der Waals surface area contributed by atoms with E-state index in [0.717, 1.165) is 66.5 Å². The molecule has 0 atom stereocenters. The number of aromatic nitrogens is 1. The number of nitrogens with zero attached hydrogens (tertiary/aromatic N) is 3. The van der Waals surface area contributed by atoms with E-state index in [0.29, 0.717) is 29.5 Å². The third kappa shape index (κ3) is 5.77. The molecule has 3 aromatic rings. The highest BCUT2D eigenvalue weighted by molar-refractivity contribution is 7.13. The standard InChI is InChI=1S/C28H29N3O5S/c1-33-28(32)26-7-6-22(37-26)18-36-27-24(17-29)23(19-8-12-34-13-9-19)16-25(30-27)20-2-4-21(5-3-20)31-10-14-35-15-11-31/h2-7,16,19H,8-15,18H2,1H3. The molecule has 192 valence electrons. The summed E-state index contributed by atoms with van der Waals surface area (Å²) < 4.78 is 22.0. The Morgan fingerprint density at radius 1 is 1.11 bits per heavy atom. The van der Waals surface area contributed by atoms with Crippen LogP contribution in [0.3, 0.4) is 0 Å². The van der Waals surface area contributed by atoms with E-state index in [4.69, 9.17) is 23.9 Å². The van der Waals surface area contributed by atoms with Crippen molar-refractivity contribution in [2.24, 2.45) is 0 Å². The number of carbonyl (C=O) groups excluding carboxylic acids is 1.